The Kier molecular flexibility index (Phi) is 5.13. The van der Waals surface area contributed by atoms with Crippen molar-refractivity contribution in [2.45, 2.75) is 20.3 Å². The lowest BCUT2D eigenvalue weighted by Crippen LogP contribution is -2.49. The van der Waals surface area contributed by atoms with E-state index in [1.165, 1.54) is 0 Å². The smallest absolute Gasteiger partial charge is 0.227 e. The van der Waals surface area contributed by atoms with E-state index in [-0.39, 0.29) is 5.91 Å². The van der Waals surface area contributed by atoms with E-state index < -0.39 is 0 Å². The zero-order valence-corrected chi connectivity index (χ0v) is 18.7. The molecule has 4 aromatic rings. The fourth-order valence-electron chi connectivity index (χ4n) is 4.40. The number of benzene rings is 1. The lowest BCUT2D eigenvalue weighted by molar-refractivity contribution is -0.130. The molecule has 0 N–H and O–H groups in total. The minimum absolute atomic E-state index is 0.175. The average molecular weight is 430 g/mol. The zero-order chi connectivity index (χ0) is 22.2. The number of fused-ring (bicyclic) bond motifs is 1. The molecule has 8 nitrogen and oxygen atoms in total. The number of imidazole rings is 1. The second-order valence-electron chi connectivity index (χ2n) is 8.35. The van der Waals surface area contributed by atoms with Crippen molar-refractivity contribution in [1.82, 2.24) is 29.0 Å². The van der Waals surface area contributed by atoms with Gasteiger partial charge in [0.05, 0.1) is 12.1 Å². The summed E-state index contributed by atoms with van der Waals surface area (Å²) in [6, 6.07) is 10.2. The summed E-state index contributed by atoms with van der Waals surface area (Å²) < 4.78 is 4.07. The van der Waals surface area contributed by atoms with Gasteiger partial charge in [-0.3, -0.25) is 9.36 Å². The normalized spacial score (nSPS) is 14.3. The second kappa shape index (κ2) is 8.11. The molecule has 4 heterocycles. The van der Waals surface area contributed by atoms with Gasteiger partial charge < -0.3 is 14.4 Å². The topological polar surface area (TPSA) is 72.1 Å². The number of piperazine rings is 1. The van der Waals surface area contributed by atoms with Crippen molar-refractivity contribution >= 4 is 22.6 Å². The molecular weight excluding hydrogens is 402 g/mol. The highest BCUT2D eigenvalue weighted by molar-refractivity contribution is 5.89. The van der Waals surface area contributed by atoms with Crippen LogP contribution in [-0.2, 0) is 18.3 Å². The summed E-state index contributed by atoms with van der Waals surface area (Å²) in [5, 5.41) is 1.15. The van der Waals surface area contributed by atoms with Crippen molar-refractivity contribution in [3.05, 3.63) is 66.1 Å². The van der Waals surface area contributed by atoms with Gasteiger partial charge in [-0.1, -0.05) is 18.2 Å². The van der Waals surface area contributed by atoms with Gasteiger partial charge in [0.1, 0.15) is 24.3 Å². The summed E-state index contributed by atoms with van der Waals surface area (Å²) in [4.78, 5) is 30.4. The number of aryl methyl sites for hydroxylation is 2. The van der Waals surface area contributed by atoms with E-state index in [0.717, 1.165) is 52.6 Å². The summed E-state index contributed by atoms with van der Waals surface area (Å²) >= 11 is 0. The molecule has 8 heteroatoms. The molecule has 1 saturated heterocycles. The van der Waals surface area contributed by atoms with Crippen LogP contribution >= 0.6 is 0 Å². The Morgan fingerprint density at radius 1 is 1.00 bits per heavy atom. The van der Waals surface area contributed by atoms with Gasteiger partial charge in [0.25, 0.3) is 0 Å². The first-order valence-corrected chi connectivity index (χ1v) is 10.9. The Morgan fingerprint density at radius 2 is 1.75 bits per heavy atom. The number of rotatable bonds is 4. The Bertz CT molecular complexity index is 1280. The fourth-order valence-corrected chi connectivity index (χ4v) is 4.40. The Labute approximate surface area is 187 Å². The maximum Gasteiger partial charge on any atom is 0.227 e. The van der Waals surface area contributed by atoms with Crippen LogP contribution in [0.5, 0.6) is 0 Å². The number of para-hydroxylation sites is 1. The first-order valence-electron chi connectivity index (χ1n) is 10.9. The van der Waals surface area contributed by atoms with E-state index in [0.29, 0.717) is 19.5 Å². The predicted octanol–water partition coefficient (Wildman–Crippen LogP) is 2.66. The molecular formula is C24H27N7O. The van der Waals surface area contributed by atoms with Crippen molar-refractivity contribution < 1.29 is 4.79 Å². The lowest BCUT2D eigenvalue weighted by Gasteiger charge is -2.35. The standard InChI is InChI=1S/C24H27N7O/c1-17-18(2)31(16-27-17)23-13-22(25-15-26-23)29-8-10-30(11-9-29)24(32)12-19-14-28(3)21-7-5-4-6-20(19)21/h4-7,13-16H,8-12H2,1-3H3. The number of amides is 1. The number of hydrogen-bond acceptors (Lipinski definition) is 5. The van der Waals surface area contributed by atoms with E-state index >= 15 is 0 Å². The Hall–Kier alpha value is -3.68. The second-order valence-corrected chi connectivity index (χ2v) is 8.35. The molecule has 0 unspecified atom stereocenters. The van der Waals surface area contributed by atoms with Gasteiger partial charge in [0.15, 0.2) is 0 Å². The SMILES string of the molecule is Cc1ncn(-c2cc(N3CCN(C(=O)Cc4cn(C)c5ccccc45)CC3)ncn2)c1C. The molecule has 5 rings (SSSR count). The van der Waals surface area contributed by atoms with Crippen molar-refractivity contribution in [2.24, 2.45) is 7.05 Å². The summed E-state index contributed by atoms with van der Waals surface area (Å²) in [5.74, 6) is 1.86. The quantitative estimate of drug-likeness (QED) is 0.499. The molecule has 32 heavy (non-hydrogen) atoms. The number of nitrogens with zero attached hydrogens (tertiary/aromatic N) is 7. The number of hydrogen-bond donors (Lipinski definition) is 0. The molecule has 0 atom stereocenters. The molecule has 164 valence electrons. The zero-order valence-electron chi connectivity index (χ0n) is 18.7. The number of carbonyl (C=O) groups is 1. The monoisotopic (exact) mass is 429 g/mol. The van der Waals surface area contributed by atoms with Gasteiger partial charge in [0.2, 0.25) is 5.91 Å². The van der Waals surface area contributed by atoms with Crippen LogP contribution in [-0.4, -0.2) is 61.1 Å². The molecule has 1 aliphatic heterocycles. The summed E-state index contributed by atoms with van der Waals surface area (Å²) in [6.45, 7) is 6.89. The van der Waals surface area contributed by atoms with Crippen LogP contribution in [0.25, 0.3) is 16.7 Å². The van der Waals surface area contributed by atoms with Crippen LogP contribution in [0.1, 0.15) is 17.0 Å². The summed E-state index contributed by atoms with van der Waals surface area (Å²) in [5.41, 5.74) is 4.30. The summed E-state index contributed by atoms with van der Waals surface area (Å²) in [6.07, 6.45) is 5.89. The third kappa shape index (κ3) is 3.62. The van der Waals surface area contributed by atoms with Gasteiger partial charge in [-0.05, 0) is 25.5 Å². The average Bonchev–Trinajstić information content (AvgIpc) is 3.33. The minimum atomic E-state index is 0.175. The van der Waals surface area contributed by atoms with E-state index in [4.69, 9.17) is 0 Å². The molecule has 0 aliphatic carbocycles. The van der Waals surface area contributed by atoms with Crippen molar-refractivity contribution in [1.29, 1.82) is 0 Å². The van der Waals surface area contributed by atoms with Crippen LogP contribution in [0, 0.1) is 13.8 Å². The van der Waals surface area contributed by atoms with Crippen LogP contribution in [0.3, 0.4) is 0 Å². The first-order chi connectivity index (χ1) is 15.5. The fraction of sp³-hybridized carbons (Fsp3) is 0.333. The van der Waals surface area contributed by atoms with Crippen molar-refractivity contribution in [3.63, 3.8) is 0 Å². The third-order valence-corrected chi connectivity index (χ3v) is 6.41. The van der Waals surface area contributed by atoms with Gasteiger partial charge in [-0.25, -0.2) is 15.0 Å². The molecule has 1 aromatic carbocycles. The lowest BCUT2D eigenvalue weighted by atomic mass is 10.1. The third-order valence-electron chi connectivity index (χ3n) is 6.41. The highest BCUT2D eigenvalue weighted by Crippen LogP contribution is 2.22. The molecule has 3 aromatic heterocycles. The molecule has 1 amide bonds. The van der Waals surface area contributed by atoms with E-state index in [1.807, 2.05) is 48.6 Å². The molecule has 0 spiro atoms. The van der Waals surface area contributed by atoms with Crippen LogP contribution in [0.2, 0.25) is 0 Å². The highest BCUT2D eigenvalue weighted by Gasteiger charge is 2.23. The number of aromatic nitrogens is 5. The van der Waals surface area contributed by atoms with Gasteiger partial charge in [-0.15, -0.1) is 0 Å². The minimum Gasteiger partial charge on any atom is -0.353 e. The Morgan fingerprint density at radius 3 is 2.50 bits per heavy atom. The van der Waals surface area contributed by atoms with Crippen LogP contribution in [0.15, 0.2) is 49.2 Å². The molecule has 1 fully saturated rings. The molecule has 0 bridgehead atoms. The van der Waals surface area contributed by atoms with Crippen LogP contribution < -0.4 is 4.90 Å². The predicted molar refractivity (Wildman–Crippen MR) is 124 cm³/mol. The van der Waals surface area contributed by atoms with E-state index in [1.54, 1.807) is 12.7 Å². The van der Waals surface area contributed by atoms with Gasteiger partial charge >= 0.3 is 0 Å². The Balaban J connectivity index is 1.26. The van der Waals surface area contributed by atoms with Gasteiger partial charge in [0, 0.05) is 62.1 Å². The van der Waals surface area contributed by atoms with Gasteiger partial charge in [-0.2, -0.15) is 0 Å². The number of carbonyl (C=O) groups excluding carboxylic acids is 1. The van der Waals surface area contributed by atoms with E-state index in [9.17, 15) is 4.79 Å². The molecule has 0 radical (unpaired) electrons. The first kappa shape index (κ1) is 20.2. The van der Waals surface area contributed by atoms with Crippen molar-refractivity contribution in [2.75, 3.05) is 31.1 Å². The molecule has 0 saturated carbocycles. The maximum absolute atomic E-state index is 13.0. The molecule has 1 aliphatic rings. The summed E-state index contributed by atoms with van der Waals surface area (Å²) in [7, 11) is 2.03. The number of anilines is 1. The largest absolute Gasteiger partial charge is 0.353 e. The van der Waals surface area contributed by atoms with E-state index in [2.05, 4.69) is 42.7 Å². The van der Waals surface area contributed by atoms with Crippen LogP contribution in [0.4, 0.5) is 5.82 Å². The maximum atomic E-state index is 13.0. The highest BCUT2D eigenvalue weighted by atomic mass is 16.2. The van der Waals surface area contributed by atoms with Crippen molar-refractivity contribution in [3.8, 4) is 5.82 Å².